The first-order valence-electron chi connectivity index (χ1n) is 19.7. The minimum atomic E-state index is 1.15. The van der Waals surface area contributed by atoms with Gasteiger partial charge in [0.05, 0.1) is 22.1 Å². The van der Waals surface area contributed by atoms with Gasteiger partial charge in [0.25, 0.3) is 0 Å². The van der Waals surface area contributed by atoms with Crippen molar-refractivity contribution in [3.8, 4) is 55.9 Å². The molecule has 0 N–H and O–H groups in total. The van der Waals surface area contributed by atoms with Crippen LogP contribution in [-0.4, -0.2) is 9.13 Å². The summed E-state index contributed by atoms with van der Waals surface area (Å²) in [5, 5.41) is 4.97. The molecule has 0 amide bonds. The molecule has 0 saturated carbocycles. The van der Waals surface area contributed by atoms with Crippen LogP contribution in [0, 0.1) is 6.92 Å². The standard InChI is InChI=1S/C55H38N2/c1-37-13-10-18-40(31-37)43-25-29-54-50(35-43)51-36-45(27-30-55(51)57(54)47-22-12-20-42(33-47)39-16-6-3-7-17-39)44-26-28-53-49(34-44)48-23-8-9-24-52(48)56(53)46-21-11-19-41(32-46)38-14-4-2-5-15-38/h2-36H,1H3. The Bertz CT molecular complexity index is 3290. The Balaban J connectivity index is 1.09. The van der Waals surface area contributed by atoms with Crippen LogP contribution >= 0.6 is 0 Å². The second kappa shape index (κ2) is 13.4. The van der Waals surface area contributed by atoms with Gasteiger partial charge in [0.1, 0.15) is 0 Å². The molecule has 0 saturated heterocycles. The summed E-state index contributed by atoms with van der Waals surface area (Å²) >= 11 is 0. The Labute approximate surface area is 332 Å². The van der Waals surface area contributed by atoms with Gasteiger partial charge in [-0.25, -0.2) is 0 Å². The first kappa shape index (κ1) is 33.0. The van der Waals surface area contributed by atoms with Gasteiger partial charge in [0, 0.05) is 32.9 Å². The van der Waals surface area contributed by atoms with E-state index in [-0.39, 0.29) is 0 Å². The van der Waals surface area contributed by atoms with Crippen molar-refractivity contribution in [2.45, 2.75) is 6.92 Å². The maximum absolute atomic E-state index is 2.43. The van der Waals surface area contributed by atoms with E-state index < -0.39 is 0 Å². The molecular formula is C55H38N2. The van der Waals surface area contributed by atoms with Gasteiger partial charge < -0.3 is 9.13 Å². The summed E-state index contributed by atoms with van der Waals surface area (Å²) in [6.45, 7) is 2.16. The fraction of sp³-hybridized carbons (Fsp3) is 0.0182. The number of hydrogen-bond donors (Lipinski definition) is 0. The molecule has 2 heteroatoms. The molecule has 0 spiro atoms. The third-order valence-electron chi connectivity index (χ3n) is 11.5. The zero-order valence-electron chi connectivity index (χ0n) is 31.6. The summed E-state index contributed by atoms with van der Waals surface area (Å²) in [7, 11) is 0. The molecule has 0 atom stereocenters. The van der Waals surface area contributed by atoms with Crippen molar-refractivity contribution < 1.29 is 0 Å². The quantitative estimate of drug-likeness (QED) is 0.161. The van der Waals surface area contributed by atoms with Gasteiger partial charge >= 0.3 is 0 Å². The second-order valence-electron chi connectivity index (χ2n) is 15.1. The Morgan fingerprint density at radius 3 is 1.11 bits per heavy atom. The molecule has 0 bridgehead atoms. The highest BCUT2D eigenvalue weighted by molar-refractivity contribution is 6.13. The predicted octanol–water partition coefficient (Wildman–Crippen LogP) is 14.9. The van der Waals surface area contributed by atoms with Crippen LogP contribution in [0.5, 0.6) is 0 Å². The molecule has 0 aliphatic carbocycles. The fourth-order valence-electron chi connectivity index (χ4n) is 8.83. The lowest BCUT2D eigenvalue weighted by molar-refractivity contribution is 1.18. The van der Waals surface area contributed by atoms with Gasteiger partial charge in [-0.1, -0.05) is 151 Å². The predicted molar refractivity (Wildman–Crippen MR) is 242 cm³/mol. The highest BCUT2D eigenvalue weighted by Crippen LogP contribution is 2.40. The van der Waals surface area contributed by atoms with Crippen molar-refractivity contribution in [2.24, 2.45) is 0 Å². The maximum atomic E-state index is 2.43. The molecule has 11 rings (SSSR count). The first-order chi connectivity index (χ1) is 28.2. The third-order valence-corrected chi connectivity index (χ3v) is 11.5. The SMILES string of the molecule is Cc1cccc(-c2ccc3c(c2)c2cc(-c4ccc5c(c4)c4ccccc4n5-c4cccc(-c5ccccc5)c4)ccc2n3-c2cccc(-c3ccccc3)c2)c1. The number of fused-ring (bicyclic) bond motifs is 6. The summed E-state index contributed by atoms with van der Waals surface area (Å²) in [5.74, 6) is 0. The van der Waals surface area contributed by atoms with E-state index in [0.717, 1.165) is 11.4 Å². The number of rotatable bonds is 6. The summed E-state index contributed by atoms with van der Waals surface area (Å²) in [4.78, 5) is 0. The van der Waals surface area contributed by atoms with Crippen LogP contribution in [-0.2, 0) is 0 Å². The Hall–Kier alpha value is -7.42. The molecule has 2 heterocycles. The normalized spacial score (nSPS) is 11.6. The molecule has 0 radical (unpaired) electrons. The lowest BCUT2D eigenvalue weighted by atomic mass is 9.99. The average molecular weight is 727 g/mol. The molecule has 0 unspecified atom stereocenters. The van der Waals surface area contributed by atoms with Crippen LogP contribution in [0.15, 0.2) is 212 Å². The number of aromatic nitrogens is 2. The Morgan fingerprint density at radius 2 is 0.614 bits per heavy atom. The minimum Gasteiger partial charge on any atom is -0.309 e. The van der Waals surface area contributed by atoms with Crippen molar-refractivity contribution >= 4 is 43.6 Å². The molecule has 0 fully saturated rings. The van der Waals surface area contributed by atoms with E-state index in [1.807, 2.05) is 0 Å². The van der Waals surface area contributed by atoms with Crippen LogP contribution in [0.2, 0.25) is 0 Å². The number of hydrogen-bond acceptors (Lipinski definition) is 0. The fourth-order valence-corrected chi connectivity index (χ4v) is 8.83. The number of para-hydroxylation sites is 1. The van der Waals surface area contributed by atoms with Crippen LogP contribution < -0.4 is 0 Å². The van der Waals surface area contributed by atoms with Crippen molar-refractivity contribution in [3.63, 3.8) is 0 Å². The Kier molecular flexibility index (Phi) is 7.75. The number of benzene rings is 9. The zero-order chi connectivity index (χ0) is 37.9. The van der Waals surface area contributed by atoms with E-state index in [9.17, 15) is 0 Å². The van der Waals surface area contributed by atoms with Gasteiger partial charge in [-0.3, -0.25) is 0 Å². The van der Waals surface area contributed by atoms with E-state index in [4.69, 9.17) is 0 Å². The van der Waals surface area contributed by atoms with Gasteiger partial charge in [-0.05, 0) is 118 Å². The molecule has 0 aliphatic heterocycles. The van der Waals surface area contributed by atoms with E-state index in [2.05, 4.69) is 228 Å². The monoisotopic (exact) mass is 726 g/mol. The van der Waals surface area contributed by atoms with E-state index in [1.165, 1.54) is 93.7 Å². The molecule has 268 valence electrons. The molecule has 0 aliphatic rings. The smallest absolute Gasteiger partial charge is 0.0541 e. The van der Waals surface area contributed by atoms with E-state index in [0.29, 0.717) is 0 Å². The lowest BCUT2D eigenvalue weighted by Crippen LogP contribution is -1.94. The minimum absolute atomic E-state index is 1.15. The lowest BCUT2D eigenvalue weighted by Gasteiger charge is -2.11. The van der Waals surface area contributed by atoms with Gasteiger partial charge in [0.15, 0.2) is 0 Å². The largest absolute Gasteiger partial charge is 0.309 e. The highest BCUT2D eigenvalue weighted by atomic mass is 15.0. The van der Waals surface area contributed by atoms with Crippen LogP contribution in [0.1, 0.15) is 5.56 Å². The van der Waals surface area contributed by atoms with Crippen LogP contribution in [0.3, 0.4) is 0 Å². The molecular weight excluding hydrogens is 689 g/mol. The molecule has 57 heavy (non-hydrogen) atoms. The molecule has 11 aromatic rings. The summed E-state index contributed by atoms with van der Waals surface area (Å²) in [6, 6.07) is 77.6. The van der Waals surface area contributed by atoms with Crippen LogP contribution in [0.25, 0.3) is 99.5 Å². The third kappa shape index (κ3) is 5.65. The maximum Gasteiger partial charge on any atom is 0.0541 e. The van der Waals surface area contributed by atoms with Crippen molar-refractivity contribution in [1.82, 2.24) is 9.13 Å². The van der Waals surface area contributed by atoms with Crippen molar-refractivity contribution in [3.05, 3.63) is 218 Å². The van der Waals surface area contributed by atoms with Gasteiger partial charge in [0.2, 0.25) is 0 Å². The highest BCUT2D eigenvalue weighted by Gasteiger charge is 2.18. The zero-order valence-corrected chi connectivity index (χ0v) is 31.6. The summed E-state index contributed by atoms with van der Waals surface area (Å²) < 4.78 is 4.84. The van der Waals surface area contributed by atoms with Crippen molar-refractivity contribution in [1.29, 1.82) is 0 Å². The van der Waals surface area contributed by atoms with E-state index >= 15 is 0 Å². The van der Waals surface area contributed by atoms with Crippen LogP contribution in [0.4, 0.5) is 0 Å². The first-order valence-corrected chi connectivity index (χ1v) is 19.7. The molecule has 2 nitrogen and oxygen atoms in total. The number of aryl methyl sites for hydroxylation is 1. The summed E-state index contributed by atoms with van der Waals surface area (Å²) in [6.07, 6.45) is 0. The topological polar surface area (TPSA) is 9.86 Å². The van der Waals surface area contributed by atoms with Gasteiger partial charge in [-0.2, -0.15) is 0 Å². The van der Waals surface area contributed by atoms with E-state index in [1.54, 1.807) is 0 Å². The molecule has 9 aromatic carbocycles. The average Bonchev–Trinajstić information content (AvgIpc) is 3.79. The van der Waals surface area contributed by atoms with Crippen molar-refractivity contribution in [2.75, 3.05) is 0 Å². The van der Waals surface area contributed by atoms with Gasteiger partial charge in [-0.15, -0.1) is 0 Å². The second-order valence-corrected chi connectivity index (χ2v) is 15.1. The molecule has 2 aromatic heterocycles. The number of nitrogens with zero attached hydrogens (tertiary/aromatic N) is 2. The summed E-state index contributed by atoms with van der Waals surface area (Å²) in [5.41, 5.74) is 18.1. The Morgan fingerprint density at radius 1 is 0.246 bits per heavy atom.